The van der Waals surface area contributed by atoms with Crippen LogP contribution < -0.4 is 14.2 Å². The van der Waals surface area contributed by atoms with Gasteiger partial charge in [-0.2, -0.15) is 10.2 Å². The number of benzene rings is 2. The molecular weight excluding hydrogens is 344 g/mol. The Kier molecular flexibility index (Phi) is 5.54. The molecule has 0 aliphatic carbocycles. The van der Waals surface area contributed by atoms with Crippen LogP contribution in [-0.4, -0.2) is 32.5 Å². The number of hydrogen-bond donors (Lipinski definition) is 1. The van der Waals surface area contributed by atoms with E-state index in [9.17, 15) is 5.11 Å². The number of rotatable bonds is 5. The van der Waals surface area contributed by atoms with Crippen LogP contribution in [0.15, 0.2) is 40.6 Å². The quantitative estimate of drug-likeness (QED) is 0.816. The molecule has 3 unspecified atom stereocenters. The predicted molar refractivity (Wildman–Crippen MR) is 103 cm³/mol. The molecule has 0 radical (unpaired) electrons. The third-order valence-corrected chi connectivity index (χ3v) is 5.19. The minimum atomic E-state index is -0.312. The number of phenolic OH excluding ortho intramolecular Hbond substituents is 1. The molecule has 0 spiro atoms. The Bertz CT molecular complexity index is 850. The van der Waals surface area contributed by atoms with Gasteiger partial charge < -0.3 is 19.3 Å². The fraction of sp³-hybridized carbons (Fsp3) is 0.429. The van der Waals surface area contributed by atoms with Crippen LogP contribution in [0.2, 0.25) is 0 Å². The van der Waals surface area contributed by atoms with Crippen molar-refractivity contribution in [2.45, 2.75) is 38.3 Å². The van der Waals surface area contributed by atoms with Crippen molar-refractivity contribution in [2.75, 3.05) is 21.3 Å². The molecule has 1 N–H and O–H groups in total. The highest BCUT2D eigenvalue weighted by atomic mass is 16.5. The molecule has 0 saturated carbocycles. The van der Waals surface area contributed by atoms with Gasteiger partial charge in [-0.3, -0.25) is 0 Å². The van der Waals surface area contributed by atoms with E-state index in [-0.39, 0.29) is 23.8 Å². The van der Waals surface area contributed by atoms with Crippen LogP contribution in [0.3, 0.4) is 0 Å². The Labute approximate surface area is 159 Å². The molecule has 0 saturated heterocycles. The van der Waals surface area contributed by atoms with E-state index in [2.05, 4.69) is 24.1 Å². The van der Waals surface area contributed by atoms with Crippen LogP contribution in [0.25, 0.3) is 0 Å². The van der Waals surface area contributed by atoms with Crippen LogP contribution in [0, 0.1) is 0 Å². The lowest BCUT2D eigenvalue weighted by molar-refractivity contribution is 0.354. The summed E-state index contributed by atoms with van der Waals surface area (Å²) in [7, 11) is 4.77. The van der Waals surface area contributed by atoms with Crippen LogP contribution in [0.1, 0.15) is 48.9 Å². The van der Waals surface area contributed by atoms with Gasteiger partial charge in [-0.1, -0.05) is 13.0 Å². The number of phenols is 1. The predicted octanol–water partition coefficient (Wildman–Crippen LogP) is 4.86. The van der Waals surface area contributed by atoms with Crippen LogP contribution in [-0.2, 0) is 0 Å². The Hall–Kier alpha value is -2.76. The van der Waals surface area contributed by atoms with E-state index < -0.39 is 0 Å². The van der Waals surface area contributed by atoms with Crippen molar-refractivity contribution in [3.63, 3.8) is 0 Å². The highest BCUT2D eigenvalue weighted by molar-refractivity contribution is 5.53. The number of fused-ring (bicyclic) bond motifs is 1. The van der Waals surface area contributed by atoms with E-state index in [1.54, 1.807) is 27.4 Å². The SMILES string of the molecule is CCC1c2cc(O)c(OC)cc2C(c2ccc(OC)c(OC)c2)N=NC1C. The standard InChI is InChI=1S/C21H26N2O4/c1-6-14-12(2)22-23-21(13-7-8-18(25-3)20(9-13)27-5)16-11-19(26-4)17(24)10-15(14)16/h7-12,14,21,24H,6H2,1-5H3. The minimum absolute atomic E-state index is 0.0201. The number of hydrogen-bond acceptors (Lipinski definition) is 6. The van der Waals surface area contributed by atoms with E-state index in [4.69, 9.17) is 14.2 Å². The minimum Gasteiger partial charge on any atom is -0.504 e. The van der Waals surface area contributed by atoms with Crippen LogP contribution in [0.5, 0.6) is 23.0 Å². The molecule has 0 amide bonds. The monoisotopic (exact) mass is 370 g/mol. The molecule has 2 aromatic rings. The van der Waals surface area contributed by atoms with Gasteiger partial charge in [0.25, 0.3) is 0 Å². The summed E-state index contributed by atoms with van der Waals surface area (Å²) >= 11 is 0. The summed E-state index contributed by atoms with van der Waals surface area (Å²) in [5.41, 5.74) is 2.97. The molecule has 0 bridgehead atoms. The second-order valence-electron chi connectivity index (χ2n) is 6.66. The Morgan fingerprint density at radius 2 is 1.59 bits per heavy atom. The highest BCUT2D eigenvalue weighted by Crippen LogP contribution is 2.45. The molecule has 3 rings (SSSR count). The van der Waals surface area contributed by atoms with Gasteiger partial charge in [0, 0.05) is 5.92 Å². The molecule has 1 aliphatic rings. The van der Waals surface area contributed by atoms with Crippen molar-refractivity contribution in [1.82, 2.24) is 0 Å². The zero-order chi connectivity index (χ0) is 19.6. The molecule has 0 aromatic heterocycles. The number of azo groups is 1. The second-order valence-corrected chi connectivity index (χ2v) is 6.66. The van der Waals surface area contributed by atoms with Gasteiger partial charge in [-0.15, -0.1) is 0 Å². The topological polar surface area (TPSA) is 72.6 Å². The number of nitrogens with zero attached hydrogens (tertiary/aromatic N) is 2. The number of ether oxygens (including phenoxy) is 3. The van der Waals surface area contributed by atoms with Crippen molar-refractivity contribution >= 4 is 0 Å². The lowest BCUT2D eigenvalue weighted by Gasteiger charge is -2.22. The maximum absolute atomic E-state index is 10.3. The molecule has 144 valence electrons. The fourth-order valence-corrected chi connectivity index (χ4v) is 3.73. The third-order valence-electron chi connectivity index (χ3n) is 5.19. The first kappa shape index (κ1) is 19.0. The van der Waals surface area contributed by atoms with E-state index in [0.29, 0.717) is 17.2 Å². The maximum atomic E-state index is 10.3. The lowest BCUT2D eigenvalue weighted by atomic mass is 9.84. The molecule has 6 nitrogen and oxygen atoms in total. The lowest BCUT2D eigenvalue weighted by Crippen LogP contribution is -2.13. The fourth-order valence-electron chi connectivity index (χ4n) is 3.73. The largest absolute Gasteiger partial charge is 0.504 e. The Morgan fingerprint density at radius 3 is 2.22 bits per heavy atom. The van der Waals surface area contributed by atoms with Gasteiger partial charge in [0.2, 0.25) is 0 Å². The van der Waals surface area contributed by atoms with E-state index in [1.165, 1.54) is 0 Å². The molecule has 2 aromatic carbocycles. The van der Waals surface area contributed by atoms with Gasteiger partial charge in [-0.25, -0.2) is 0 Å². The zero-order valence-electron chi connectivity index (χ0n) is 16.4. The van der Waals surface area contributed by atoms with Crippen molar-refractivity contribution in [3.05, 3.63) is 47.0 Å². The van der Waals surface area contributed by atoms with Gasteiger partial charge >= 0.3 is 0 Å². The van der Waals surface area contributed by atoms with Crippen molar-refractivity contribution < 1.29 is 19.3 Å². The first-order valence-corrected chi connectivity index (χ1v) is 9.06. The summed E-state index contributed by atoms with van der Waals surface area (Å²) in [5, 5.41) is 19.5. The highest BCUT2D eigenvalue weighted by Gasteiger charge is 2.30. The zero-order valence-corrected chi connectivity index (χ0v) is 16.4. The number of aromatic hydroxyl groups is 1. The van der Waals surface area contributed by atoms with Crippen molar-refractivity contribution in [2.24, 2.45) is 10.2 Å². The summed E-state index contributed by atoms with van der Waals surface area (Å²) in [4.78, 5) is 0. The molecule has 6 heteroatoms. The van der Waals surface area contributed by atoms with Gasteiger partial charge in [0.1, 0.15) is 6.04 Å². The van der Waals surface area contributed by atoms with E-state index >= 15 is 0 Å². The van der Waals surface area contributed by atoms with Crippen molar-refractivity contribution in [1.29, 1.82) is 0 Å². The molecular formula is C21H26N2O4. The summed E-state index contributed by atoms with van der Waals surface area (Å²) in [5.74, 6) is 2.04. The van der Waals surface area contributed by atoms with E-state index in [1.807, 2.05) is 24.3 Å². The Morgan fingerprint density at radius 1 is 0.889 bits per heavy atom. The van der Waals surface area contributed by atoms with Gasteiger partial charge in [0.15, 0.2) is 23.0 Å². The first-order chi connectivity index (χ1) is 13.0. The number of methoxy groups -OCH3 is 3. The maximum Gasteiger partial charge on any atom is 0.161 e. The summed E-state index contributed by atoms with van der Waals surface area (Å²) in [6.45, 7) is 4.18. The summed E-state index contributed by atoms with van der Waals surface area (Å²) < 4.78 is 16.1. The molecule has 1 aliphatic heterocycles. The van der Waals surface area contributed by atoms with Crippen LogP contribution >= 0.6 is 0 Å². The molecule has 1 heterocycles. The molecule has 0 fully saturated rings. The summed E-state index contributed by atoms with van der Waals surface area (Å²) in [6.07, 6.45) is 0.900. The summed E-state index contributed by atoms with van der Waals surface area (Å²) in [6, 6.07) is 9.12. The second kappa shape index (κ2) is 7.86. The molecule has 27 heavy (non-hydrogen) atoms. The normalized spacial score (nSPS) is 21.3. The van der Waals surface area contributed by atoms with Gasteiger partial charge in [-0.05, 0) is 54.3 Å². The average molecular weight is 370 g/mol. The average Bonchev–Trinajstić information content (AvgIpc) is 2.82. The first-order valence-electron chi connectivity index (χ1n) is 9.06. The Balaban J connectivity index is 2.20. The molecule has 3 atom stereocenters. The van der Waals surface area contributed by atoms with Crippen molar-refractivity contribution in [3.8, 4) is 23.0 Å². The smallest absolute Gasteiger partial charge is 0.161 e. The van der Waals surface area contributed by atoms with Crippen LogP contribution in [0.4, 0.5) is 0 Å². The third kappa shape index (κ3) is 3.44. The van der Waals surface area contributed by atoms with E-state index in [0.717, 1.165) is 23.1 Å². The van der Waals surface area contributed by atoms with Gasteiger partial charge in [0.05, 0.1) is 27.4 Å².